The zero-order chi connectivity index (χ0) is 12.1. The van der Waals surface area contributed by atoms with E-state index in [4.69, 9.17) is 0 Å². The number of benzene rings is 2. The van der Waals surface area contributed by atoms with E-state index in [1.165, 1.54) is 10.5 Å². The summed E-state index contributed by atoms with van der Waals surface area (Å²) in [6.45, 7) is 2.08. The van der Waals surface area contributed by atoms with Gasteiger partial charge in [0, 0.05) is 15.5 Å². The highest BCUT2D eigenvalue weighted by Crippen LogP contribution is 2.28. The normalized spacial score (nSPS) is 9.94. The number of amides is 1. The summed E-state index contributed by atoms with van der Waals surface area (Å²) < 4.78 is 0. The lowest BCUT2D eigenvalue weighted by atomic mass is 10.2. The minimum absolute atomic E-state index is 0.683. The first-order valence-corrected chi connectivity index (χ1v) is 6.14. The molecule has 0 saturated heterocycles. The van der Waals surface area contributed by atoms with Crippen molar-refractivity contribution < 1.29 is 4.79 Å². The van der Waals surface area contributed by atoms with Crippen LogP contribution in [0.4, 0.5) is 5.69 Å². The molecule has 86 valence electrons. The lowest BCUT2D eigenvalue weighted by molar-refractivity contribution is -0.105. The van der Waals surface area contributed by atoms with Crippen LogP contribution in [0.2, 0.25) is 0 Å². The Morgan fingerprint density at radius 1 is 1.06 bits per heavy atom. The van der Waals surface area contributed by atoms with Gasteiger partial charge in [-0.15, -0.1) is 0 Å². The number of hydrogen-bond donors (Lipinski definition) is 1. The molecule has 0 aliphatic heterocycles. The van der Waals surface area contributed by atoms with E-state index in [0.717, 1.165) is 10.6 Å². The quantitative estimate of drug-likeness (QED) is 0.829. The van der Waals surface area contributed by atoms with Crippen molar-refractivity contribution in [2.24, 2.45) is 0 Å². The number of carbonyl (C=O) groups excluding carboxylic acids is 1. The molecule has 0 fully saturated rings. The molecule has 2 nitrogen and oxygen atoms in total. The van der Waals surface area contributed by atoms with Gasteiger partial charge in [0.2, 0.25) is 6.41 Å². The minimum atomic E-state index is 0.683. The van der Waals surface area contributed by atoms with Crippen molar-refractivity contribution in [3.05, 3.63) is 54.1 Å². The predicted octanol–water partition coefficient (Wildman–Crippen LogP) is 3.71. The molecule has 2 aromatic rings. The minimum Gasteiger partial charge on any atom is -0.329 e. The van der Waals surface area contributed by atoms with Crippen molar-refractivity contribution in [2.75, 3.05) is 5.32 Å². The first kappa shape index (κ1) is 11.7. The van der Waals surface area contributed by atoms with Gasteiger partial charge in [0.15, 0.2) is 0 Å². The molecule has 0 heterocycles. The Morgan fingerprint density at radius 3 is 2.47 bits per heavy atom. The van der Waals surface area contributed by atoms with Crippen molar-refractivity contribution in [3.63, 3.8) is 0 Å². The molecular weight excluding hydrogens is 230 g/mol. The SMILES string of the molecule is Cc1cccc(Sc2ccc(NC=O)cc2)c1. The zero-order valence-corrected chi connectivity index (χ0v) is 10.3. The third-order valence-corrected chi connectivity index (χ3v) is 3.30. The van der Waals surface area contributed by atoms with Crippen LogP contribution in [-0.4, -0.2) is 6.41 Å². The summed E-state index contributed by atoms with van der Waals surface area (Å²) in [6.07, 6.45) is 0.683. The largest absolute Gasteiger partial charge is 0.329 e. The third-order valence-electron chi connectivity index (χ3n) is 2.31. The van der Waals surface area contributed by atoms with E-state index < -0.39 is 0 Å². The highest BCUT2D eigenvalue weighted by atomic mass is 32.2. The van der Waals surface area contributed by atoms with Gasteiger partial charge in [-0.05, 0) is 43.3 Å². The summed E-state index contributed by atoms with van der Waals surface area (Å²) in [5.74, 6) is 0. The summed E-state index contributed by atoms with van der Waals surface area (Å²) in [5.41, 5.74) is 2.07. The summed E-state index contributed by atoms with van der Waals surface area (Å²) in [6, 6.07) is 16.2. The molecule has 3 heteroatoms. The maximum Gasteiger partial charge on any atom is 0.211 e. The van der Waals surface area contributed by atoms with Crippen molar-refractivity contribution in [1.82, 2.24) is 0 Å². The lowest BCUT2D eigenvalue weighted by Gasteiger charge is -2.04. The molecule has 2 rings (SSSR count). The molecule has 1 amide bonds. The van der Waals surface area contributed by atoms with E-state index >= 15 is 0 Å². The summed E-state index contributed by atoms with van der Waals surface area (Å²) >= 11 is 1.71. The van der Waals surface area contributed by atoms with Gasteiger partial charge < -0.3 is 5.32 Å². The van der Waals surface area contributed by atoms with Crippen molar-refractivity contribution >= 4 is 23.9 Å². The molecule has 0 aromatic heterocycles. The maximum atomic E-state index is 10.3. The second-order valence-electron chi connectivity index (χ2n) is 3.71. The fourth-order valence-corrected chi connectivity index (χ4v) is 2.44. The smallest absolute Gasteiger partial charge is 0.211 e. The van der Waals surface area contributed by atoms with Gasteiger partial charge in [0.25, 0.3) is 0 Å². The van der Waals surface area contributed by atoms with Gasteiger partial charge in [-0.3, -0.25) is 4.79 Å². The fourth-order valence-electron chi connectivity index (χ4n) is 1.50. The van der Waals surface area contributed by atoms with Crippen molar-refractivity contribution in [3.8, 4) is 0 Å². The molecule has 0 aliphatic rings. The third kappa shape index (κ3) is 3.36. The van der Waals surface area contributed by atoms with Crippen LogP contribution < -0.4 is 5.32 Å². The number of hydrogen-bond acceptors (Lipinski definition) is 2. The Balaban J connectivity index is 2.11. The molecule has 1 N–H and O–H groups in total. The molecular formula is C14H13NOS. The van der Waals surface area contributed by atoms with Crippen LogP contribution in [0, 0.1) is 6.92 Å². The predicted molar refractivity (Wildman–Crippen MR) is 71.4 cm³/mol. The van der Waals surface area contributed by atoms with E-state index in [0.29, 0.717) is 6.41 Å². The van der Waals surface area contributed by atoms with E-state index in [2.05, 4.69) is 36.5 Å². The van der Waals surface area contributed by atoms with Crippen LogP contribution in [0.5, 0.6) is 0 Å². The highest BCUT2D eigenvalue weighted by molar-refractivity contribution is 7.99. The molecule has 0 saturated carbocycles. The van der Waals surface area contributed by atoms with Gasteiger partial charge >= 0.3 is 0 Å². The Morgan fingerprint density at radius 2 is 1.82 bits per heavy atom. The molecule has 0 bridgehead atoms. The Kier molecular flexibility index (Phi) is 3.83. The summed E-state index contributed by atoms with van der Waals surface area (Å²) in [5, 5.41) is 2.62. The van der Waals surface area contributed by atoms with E-state index in [9.17, 15) is 4.79 Å². The first-order chi connectivity index (χ1) is 8.28. The number of anilines is 1. The number of aryl methyl sites for hydroxylation is 1. The molecule has 2 aromatic carbocycles. The molecule has 0 aliphatic carbocycles. The Hall–Kier alpha value is -1.74. The Bertz CT molecular complexity index is 508. The molecule has 17 heavy (non-hydrogen) atoms. The van der Waals surface area contributed by atoms with Gasteiger partial charge in [-0.2, -0.15) is 0 Å². The van der Waals surface area contributed by atoms with Gasteiger partial charge in [-0.25, -0.2) is 0 Å². The number of nitrogens with one attached hydrogen (secondary N) is 1. The van der Waals surface area contributed by atoms with E-state index in [-0.39, 0.29) is 0 Å². The van der Waals surface area contributed by atoms with Crippen LogP contribution in [0.3, 0.4) is 0 Å². The summed E-state index contributed by atoms with van der Waals surface area (Å²) in [4.78, 5) is 12.7. The zero-order valence-electron chi connectivity index (χ0n) is 9.51. The topological polar surface area (TPSA) is 29.1 Å². The van der Waals surface area contributed by atoms with Crippen LogP contribution >= 0.6 is 11.8 Å². The summed E-state index contributed by atoms with van der Waals surface area (Å²) in [7, 11) is 0. The molecule has 0 radical (unpaired) electrons. The monoisotopic (exact) mass is 243 g/mol. The van der Waals surface area contributed by atoms with Crippen LogP contribution in [0.25, 0.3) is 0 Å². The van der Waals surface area contributed by atoms with Crippen molar-refractivity contribution in [2.45, 2.75) is 16.7 Å². The second kappa shape index (κ2) is 5.55. The molecule has 0 spiro atoms. The van der Waals surface area contributed by atoms with Crippen LogP contribution in [-0.2, 0) is 4.79 Å². The van der Waals surface area contributed by atoms with Gasteiger partial charge in [0.05, 0.1) is 0 Å². The van der Waals surface area contributed by atoms with Crippen LogP contribution in [0.15, 0.2) is 58.3 Å². The number of carbonyl (C=O) groups is 1. The Labute approximate surface area is 105 Å². The maximum absolute atomic E-state index is 10.3. The van der Waals surface area contributed by atoms with Crippen molar-refractivity contribution in [1.29, 1.82) is 0 Å². The molecule has 0 unspecified atom stereocenters. The van der Waals surface area contributed by atoms with Gasteiger partial charge in [0.1, 0.15) is 0 Å². The molecule has 0 atom stereocenters. The fraction of sp³-hybridized carbons (Fsp3) is 0.0714. The second-order valence-corrected chi connectivity index (χ2v) is 4.85. The lowest BCUT2D eigenvalue weighted by Crippen LogP contribution is -1.92. The first-order valence-electron chi connectivity index (χ1n) is 5.33. The van der Waals surface area contributed by atoms with Gasteiger partial charge in [-0.1, -0.05) is 29.5 Å². The highest BCUT2D eigenvalue weighted by Gasteiger charge is 1.98. The average Bonchev–Trinajstić information content (AvgIpc) is 2.32. The number of rotatable bonds is 4. The van der Waals surface area contributed by atoms with E-state index in [1.54, 1.807) is 11.8 Å². The van der Waals surface area contributed by atoms with E-state index in [1.807, 2.05) is 24.3 Å². The standard InChI is InChI=1S/C14H13NOS/c1-11-3-2-4-14(9-11)17-13-7-5-12(6-8-13)15-10-16/h2-10H,1H3,(H,15,16). The van der Waals surface area contributed by atoms with Crippen LogP contribution in [0.1, 0.15) is 5.56 Å². The average molecular weight is 243 g/mol.